The van der Waals surface area contributed by atoms with Gasteiger partial charge in [0, 0.05) is 36.6 Å². The van der Waals surface area contributed by atoms with Crippen molar-refractivity contribution in [3.8, 4) is 5.75 Å². The highest BCUT2D eigenvalue weighted by Crippen LogP contribution is 2.32. The second-order valence-corrected chi connectivity index (χ2v) is 8.61. The van der Waals surface area contributed by atoms with Gasteiger partial charge in [-0.2, -0.15) is 0 Å². The van der Waals surface area contributed by atoms with E-state index in [1.165, 1.54) is 16.9 Å². The third-order valence-corrected chi connectivity index (χ3v) is 6.13. The fraction of sp³-hybridized carbons (Fsp3) is 0.292. The monoisotopic (exact) mass is 483 g/mol. The van der Waals surface area contributed by atoms with Crippen LogP contribution in [-0.4, -0.2) is 43.4 Å². The van der Waals surface area contributed by atoms with E-state index in [4.69, 9.17) is 0 Å². The van der Waals surface area contributed by atoms with E-state index in [1.807, 2.05) is 12.1 Å². The Kier molecular flexibility index (Phi) is 5.95. The predicted molar refractivity (Wildman–Crippen MR) is 121 cm³/mol. The van der Waals surface area contributed by atoms with Crippen LogP contribution in [0.15, 0.2) is 53.6 Å². The van der Waals surface area contributed by atoms with E-state index in [0.29, 0.717) is 5.69 Å². The molecule has 3 aromatic rings. The molecule has 3 N–H and O–H groups in total. The molecule has 182 valence electrons. The summed E-state index contributed by atoms with van der Waals surface area (Å²) >= 11 is 0. The summed E-state index contributed by atoms with van der Waals surface area (Å²) in [6, 6.07) is 8.48. The number of rotatable bonds is 7. The number of benzene rings is 1. The standard InChI is InChI=1S/C24H23F2N5O4/c25-15-5-4-14(19(26)9-15)10-28-23(34)18-12-31-20(22(33)21(18)32)24(35)30(17-6-7-17)13-29(31)11-16-3-1-2-8-27-16/h1-5,8-9,12,17,23,28,33-34H,6-7,10-11,13H2. The minimum Gasteiger partial charge on any atom is -0.502 e. The van der Waals surface area contributed by atoms with Gasteiger partial charge in [0.25, 0.3) is 5.91 Å². The number of carbonyl (C=O) groups excluding carboxylic acids is 1. The Hall–Kier alpha value is -3.83. The average molecular weight is 483 g/mol. The topological polar surface area (TPSA) is 111 Å². The van der Waals surface area contributed by atoms with Gasteiger partial charge in [-0.05, 0) is 31.0 Å². The SMILES string of the molecule is O=C1c2c(O)c(=O)c(C(O)NCc3ccc(F)cc3F)cn2N(Cc2ccccn2)CN1C1CC1. The molecule has 0 saturated heterocycles. The molecule has 5 rings (SSSR count). The summed E-state index contributed by atoms with van der Waals surface area (Å²) in [7, 11) is 0. The first-order chi connectivity index (χ1) is 16.8. The van der Waals surface area contributed by atoms with Crippen molar-refractivity contribution in [1.82, 2.24) is 19.9 Å². The summed E-state index contributed by atoms with van der Waals surface area (Å²) < 4.78 is 28.5. The number of halogens is 2. The van der Waals surface area contributed by atoms with Crippen molar-refractivity contribution in [3.63, 3.8) is 0 Å². The van der Waals surface area contributed by atoms with Gasteiger partial charge >= 0.3 is 0 Å². The van der Waals surface area contributed by atoms with E-state index in [1.54, 1.807) is 22.2 Å². The number of nitrogens with zero attached hydrogens (tertiary/aromatic N) is 4. The molecular weight excluding hydrogens is 460 g/mol. The van der Waals surface area contributed by atoms with Crippen LogP contribution in [0.4, 0.5) is 8.78 Å². The van der Waals surface area contributed by atoms with Crippen LogP contribution in [0.25, 0.3) is 0 Å². The number of aromatic hydroxyl groups is 1. The van der Waals surface area contributed by atoms with Gasteiger partial charge < -0.3 is 15.1 Å². The highest BCUT2D eigenvalue weighted by molar-refractivity contribution is 5.96. The van der Waals surface area contributed by atoms with Crippen LogP contribution >= 0.6 is 0 Å². The number of hydrogen-bond acceptors (Lipinski definition) is 7. The number of fused-ring (bicyclic) bond motifs is 1. The van der Waals surface area contributed by atoms with Gasteiger partial charge in [0.15, 0.2) is 11.4 Å². The minimum absolute atomic E-state index is 0.0366. The zero-order valence-corrected chi connectivity index (χ0v) is 18.6. The average Bonchev–Trinajstić information content (AvgIpc) is 3.68. The van der Waals surface area contributed by atoms with Crippen molar-refractivity contribution >= 4 is 5.91 Å². The summed E-state index contributed by atoms with van der Waals surface area (Å²) in [4.78, 5) is 32.0. The number of aliphatic hydroxyl groups excluding tert-OH is 1. The molecule has 2 aliphatic rings. The molecule has 1 aliphatic carbocycles. The predicted octanol–water partition coefficient (Wildman–Crippen LogP) is 1.72. The van der Waals surface area contributed by atoms with Crippen molar-refractivity contribution in [2.45, 2.75) is 38.2 Å². The van der Waals surface area contributed by atoms with Gasteiger partial charge in [0.2, 0.25) is 5.43 Å². The highest BCUT2D eigenvalue weighted by Gasteiger charge is 2.41. The first-order valence-corrected chi connectivity index (χ1v) is 11.1. The Labute approximate surface area is 198 Å². The molecule has 1 fully saturated rings. The third kappa shape index (κ3) is 4.47. The molecule has 0 spiro atoms. The molecule has 1 amide bonds. The van der Waals surface area contributed by atoms with Crippen LogP contribution in [0.3, 0.4) is 0 Å². The summed E-state index contributed by atoms with van der Waals surface area (Å²) in [6.07, 6.45) is 3.02. The maximum absolute atomic E-state index is 14.0. The van der Waals surface area contributed by atoms with Crippen LogP contribution in [0.2, 0.25) is 0 Å². The lowest BCUT2D eigenvalue weighted by Gasteiger charge is -2.40. The van der Waals surface area contributed by atoms with Crippen molar-refractivity contribution in [1.29, 1.82) is 0 Å². The number of amides is 1. The van der Waals surface area contributed by atoms with Crippen LogP contribution in [0, 0.1) is 11.6 Å². The first-order valence-electron chi connectivity index (χ1n) is 11.1. The molecule has 2 aromatic heterocycles. The second-order valence-electron chi connectivity index (χ2n) is 8.61. The van der Waals surface area contributed by atoms with Gasteiger partial charge in [0.05, 0.1) is 17.8 Å². The fourth-order valence-electron chi connectivity index (χ4n) is 4.12. The van der Waals surface area contributed by atoms with Gasteiger partial charge in [0.1, 0.15) is 24.5 Å². The molecule has 1 atom stereocenters. The third-order valence-electron chi connectivity index (χ3n) is 6.13. The number of nitrogens with one attached hydrogen (secondary N) is 1. The second kappa shape index (κ2) is 9.08. The van der Waals surface area contributed by atoms with Crippen LogP contribution in [0.5, 0.6) is 5.75 Å². The van der Waals surface area contributed by atoms with Crippen LogP contribution < -0.4 is 15.8 Å². The summed E-state index contributed by atoms with van der Waals surface area (Å²) in [5.74, 6) is -2.79. The number of aliphatic hydroxyl groups is 1. The van der Waals surface area contributed by atoms with Gasteiger partial charge in [-0.25, -0.2) is 8.78 Å². The van der Waals surface area contributed by atoms with Crippen LogP contribution in [0.1, 0.15) is 46.4 Å². The smallest absolute Gasteiger partial charge is 0.278 e. The lowest BCUT2D eigenvalue weighted by molar-refractivity contribution is 0.0667. The van der Waals surface area contributed by atoms with Crippen molar-refractivity contribution < 1.29 is 23.8 Å². The van der Waals surface area contributed by atoms with E-state index in [0.717, 1.165) is 25.0 Å². The molecule has 11 heteroatoms. The molecular formula is C24H23F2N5O4. The Morgan fingerprint density at radius 1 is 1.17 bits per heavy atom. The summed E-state index contributed by atoms with van der Waals surface area (Å²) in [5, 5.41) is 25.8. The largest absolute Gasteiger partial charge is 0.502 e. The molecule has 0 bridgehead atoms. The number of pyridine rings is 2. The molecule has 1 aliphatic heterocycles. The van der Waals surface area contributed by atoms with Crippen LogP contribution in [-0.2, 0) is 13.1 Å². The van der Waals surface area contributed by atoms with Crippen molar-refractivity contribution in [2.24, 2.45) is 0 Å². The Morgan fingerprint density at radius 2 is 1.97 bits per heavy atom. The minimum atomic E-state index is -1.59. The molecule has 1 unspecified atom stereocenters. The normalized spacial score (nSPS) is 16.4. The Balaban J connectivity index is 1.48. The molecule has 1 aromatic carbocycles. The molecule has 9 nitrogen and oxygen atoms in total. The maximum Gasteiger partial charge on any atom is 0.278 e. The Bertz CT molecular complexity index is 1330. The maximum atomic E-state index is 14.0. The molecule has 3 heterocycles. The lowest BCUT2D eigenvalue weighted by Crippen LogP contribution is -2.54. The zero-order valence-electron chi connectivity index (χ0n) is 18.6. The number of aromatic nitrogens is 2. The first kappa shape index (κ1) is 22.9. The quantitative estimate of drug-likeness (QED) is 0.439. The van der Waals surface area contributed by atoms with Crippen molar-refractivity contribution in [2.75, 3.05) is 11.7 Å². The van der Waals surface area contributed by atoms with E-state index in [-0.39, 0.29) is 42.6 Å². The zero-order chi connectivity index (χ0) is 24.7. The van der Waals surface area contributed by atoms with Gasteiger partial charge in [-0.15, -0.1) is 0 Å². The van der Waals surface area contributed by atoms with Gasteiger partial charge in [-0.3, -0.25) is 29.6 Å². The summed E-state index contributed by atoms with van der Waals surface area (Å²) in [6.45, 7) is 0.275. The molecule has 0 radical (unpaired) electrons. The summed E-state index contributed by atoms with van der Waals surface area (Å²) in [5.41, 5.74) is -0.551. The molecule has 1 saturated carbocycles. The van der Waals surface area contributed by atoms with E-state index in [9.17, 15) is 28.6 Å². The van der Waals surface area contributed by atoms with E-state index < -0.39 is 34.9 Å². The fourth-order valence-corrected chi connectivity index (χ4v) is 4.12. The van der Waals surface area contributed by atoms with E-state index >= 15 is 0 Å². The molecule has 35 heavy (non-hydrogen) atoms. The Morgan fingerprint density at radius 3 is 2.66 bits per heavy atom. The lowest BCUT2D eigenvalue weighted by atomic mass is 10.1. The van der Waals surface area contributed by atoms with Crippen molar-refractivity contribution in [3.05, 3.63) is 93.2 Å². The van der Waals surface area contributed by atoms with Gasteiger partial charge in [-0.1, -0.05) is 12.1 Å². The number of hydrogen-bond donors (Lipinski definition) is 3. The number of carbonyl (C=O) groups is 1. The highest BCUT2D eigenvalue weighted by atomic mass is 19.1. The van der Waals surface area contributed by atoms with E-state index in [2.05, 4.69) is 10.3 Å².